The van der Waals surface area contributed by atoms with E-state index in [1.807, 2.05) is 0 Å². The van der Waals surface area contributed by atoms with Crippen LogP contribution in [-0.4, -0.2) is 115 Å². The second kappa shape index (κ2) is 17.3. The number of ether oxygens (including phenoxy) is 2. The summed E-state index contributed by atoms with van der Waals surface area (Å²) in [4.78, 5) is 60.3. The highest BCUT2D eigenvalue weighted by molar-refractivity contribution is 6.01. The highest BCUT2D eigenvalue weighted by atomic mass is 19.1. The predicted molar refractivity (Wildman–Crippen MR) is 233 cm³/mol. The first-order chi connectivity index (χ1) is 31.0. The first-order valence-corrected chi connectivity index (χ1v) is 21.0. The number of nitrogens with zero attached hydrogens (tertiary/aromatic N) is 8. The number of amides is 2. The number of rotatable bonds is 14. The lowest BCUT2D eigenvalue weighted by atomic mass is 9.89. The third-order valence-electron chi connectivity index (χ3n) is 12.2. The molecular formula is C42H48F2N14O6. The van der Waals surface area contributed by atoms with Crippen LogP contribution >= 0.6 is 0 Å². The molecule has 8 atom stereocenters. The molecule has 6 aromatic heterocycles. The molecule has 22 heteroatoms. The van der Waals surface area contributed by atoms with Gasteiger partial charge < -0.3 is 50.5 Å². The van der Waals surface area contributed by atoms with Gasteiger partial charge in [0.15, 0.2) is 11.3 Å². The molecule has 0 saturated heterocycles. The van der Waals surface area contributed by atoms with E-state index in [1.165, 1.54) is 30.6 Å². The molecule has 64 heavy (non-hydrogen) atoms. The summed E-state index contributed by atoms with van der Waals surface area (Å²) >= 11 is 0. The van der Waals surface area contributed by atoms with E-state index in [0.29, 0.717) is 58.5 Å². The molecule has 20 nitrogen and oxygen atoms in total. The minimum atomic E-state index is -0.991. The second-order valence-electron chi connectivity index (χ2n) is 16.2. The number of alkyl halides is 2. The molecule has 0 radical (unpaired) electrons. The molecule has 0 aromatic carbocycles. The van der Waals surface area contributed by atoms with Crippen molar-refractivity contribution in [3.63, 3.8) is 0 Å². The third kappa shape index (κ3) is 8.09. The normalized spacial score (nSPS) is 24.1. The van der Waals surface area contributed by atoms with E-state index in [2.05, 4.69) is 52.1 Å². The van der Waals surface area contributed by atoms with E-state index in [1.54, 1.807) is 77.1 Å². The number of carbonyl (C=O) groups excluding carboxylic acids is 2. The van der Waals surface area contributed by atoms with Gasteiger partial charge in [0, 0.05) is 65.7 Å². The van der Waals surface area contributed by atoms with Gasteiger partial charge in [0.1, 0.15) is 58.1 Å². The van der Waals surface area contributed by atoms with Crippen LogP contribution in [0.4, 0.5) is 43.4 Å². The van der Waals surface area contributed by atoms with Crippen molar-refractivity contribution in [3.05, 3.63) is 93.0 Å². The molecule has 0 aliphatic heterocycles. The molecular weight excluding hydrogens is 835 g/mol. The summed E-state index contributed by atoms with van der Waals surface area (Å²) in [5.74, 6) is 1.30. The van der Waals surface area contributed by atoms with Gasteiger partial charge in [-0.1, -0.05) is 0 Å². The van der Waals surface area contributed by atoms with Crippen molar-refractivity contribution in [2.24, 2.45) is 0 Å². The van der Waals surface area contributed by atoms with Gasteiger partial charge in [-0.3, -0.25) is 19.2 Å². The largest absolute Gasteiger partial charge is 0.379 e. The molecule has 6 N–H and O–H groups in total. The van der Waals surface area contributed by atoms with Crippen LogP contribution in [0.15, 0.2) is 70.8 Å². The Bertz CT molecular complexity index is 2670. The molecule has 4 fully saturated rings. The van der Waals surface area contributed by atoms with Crippen LogP contribution in [-0.2, 0) is 9.47 Å². The molecule has 10 rings (SSSR count). The van der Waals surface area contributed by atoms with Gasteiger partial charge >= 0.3 is 0 Å². The fraction of sp³-hybridized carbons (Fsp3) is 0.429. The van der Waals surface area contributed by atoms with Crippen LogP contribution in [0.5, 0.6) is 0 Å². The van der Waals surface area contributed by atoms with E-state index in [9.17, 15) is 28.0 Å². The Morgan fingerprint density at radius 2 is 1.08 bits per heavy atom. The molecule has 2 amide bonds. The quantitative estimate of drug-likeness (QED) is 0.0917. The van der Waals surface area contributed by atoms with Crippen molar-refractivity contribution in [1.29, 1.82) is 0 Å². The lowest BCUT2D eigenvalue weighted by Gasteiger charge is -2.35. The average Bonchev–Trinajstić information content (AvgIpc) is 4.07. The minimum absolute atomic E-state index is 0.00878. The summed E-state index contributed by atoms with van der Waals surface area (Å²) in [6.45, 7) is 0. The van der Waals surface area contributed by atoms with Crippen LogP contribution in [0.2, 0.25) is 0 Å². The Morgan fingerprint density at radius 3 is 1.41 bits per heavy atom. The number of hydrogen-bond acceptors (Lipinski definition) is 14. The SMILES string of the molecule is CNc1cc(Nc2cccn([C@H]3C[C@@H]3F)c2=O)nc2c(C(=O)N[C@@H]3CC[C@H]3OC)cnn12.CNc1cc(Nc2cccn([C@H]3C[C@@H]3F)c2=O)nc2c(C(=O)N[C@H]3CC[C@@H]3OC)cnn12. The standard InChI is InChI=1S/2C21H24FN7O3/c2*1-23-18-9-17(25-14-4-3-7-28(21(14)31)15-8-12(15)22)27-19-11(10-24-29(18)19)20(30)26-13-5-6-16(13)32-2/h2*3-4,7,9-10,12-13,15-16,23H,5-6,8H2,1-2H3,(H,25,27)(H,26,30)/t12-,13+,15-,16+;12-,13-,15-,16-/m00/s1. The van der Waals surface area contributed by atoms with E-state index in [4.69, 9.17) is 9.47 Å². The van der Waals surface area contributed by atoms with Gasteiger partial charge in [0.05, 0.1) is 48.8 Å². The first-order valence-electron chi connectivity index (χ1n) is 21.0. The van der Waals surface area contributed by atoms with E-state index < -0.39 is 24.4 Å². The monoisotopic (exact) mass is 882 g/mol. The smallest absolute Gasteiger partial charge is 0.274 e. The molecule has 0 bridgehead atoms. The molecule has 0 spiro atoms. The Kier molecular flexibility index (Phi) is 11.5. The fourth-order valence-electron chi connectivity index (χ4n) is 7.94. The summed E-state index contributed by atoms with van der Waals surface area (Å²) in [5, 5.41) is 26.6. The van der Waals surface area contributed by atoms with Crippen molar-refractivity contribution in [2.75, 3.05) is 49.6 Å². The molecule has 4 aliphatic rings. The lowest BCUT2D eigenvalue weighted by molar-refractivity contribution is 0.00731. The van der Waals surface area contributed by atoms with Crippen molar-refractivity contribution in [3.8, 4) is 0 Å². The van der Waals surface area contributed by atoms with Crippen LogP contribution in [0.25, 0.3) is 11.3 Å². The zero-order valence-electron chi connectivity index (χ0n) is 35.4. The lowest BCUT2D eigenvalue weighted by Crippen LogP contribution is -2.51. The highest BCUT2D eigenvalue weighted by Gasteiger charge is 2.41. The zero-order chi connectivity index (χ0) is 44.8. The van der Waals surface area contributed by atoms with E-state index in [-0.39, 0.29) is 58.6 Å². The van der Waals surface area contributed by atoms with Crippen LogP contribution in [0.1, 0.15) is 71.3 Å². The molecule has 6 heterocycles. The van der Waals surface area contributed by atoms with Crippen molar-refractivity contribution >= 4 is 57.8 Å². The number of methoxy groups -OCH3 is 2. The maximum Gasteiger partial charge on any atom is 0.274 e. The zero-order valence-corrected chi connectivity index (χ0v) is 35.4. The maximum atomic E-state index is 13.5. The van der Waals surface area contributed by atoms with E-state index >= 15 is 0 Å². The number of aromatic nitrogens is 8. The van der Waals surface area contributed by atoms with Gasteiger partial charge in [-0.25, -0.2) is 18.7 Å². The van der Waals surface area contributed by atoms with Crippen molar-refractivity contribution in [1.82, 2.24) is 49.0 Å². The molecule has 0 unspecified atom stereocenters. The van der Waals surface area contributed by atoms with Gasteiger partial charge in [-0.15, -0.1) is 0 Å². The number of hydrogen-bond donors (Lipinski definition) is 6. The summed E-state index contributed by atoms with van der Waals surface area (Å²) in [7, 11) is 6.71. The van der Waals surface area contributed by atoms with Crippen LogP contribution < -0.4 is 43.0 Å². The third-order valence-corrected chi connectivity index (χ3v) is 12.2. The number of fused-ring (bicyclic) bond motifs is 2. The number of anilines is 6. The maximum absolute atomic E-state index is 13.5. The number of nitrogens with one attached hydrogen (secondary N) is 6. The Balaban J connectivity index is 0.000000162. The Morgan fingerprint density at radius 1 is 0.672 bits per heavy atom. The van der Waals surface area contributed by atoms with E-state index in [0.717, 1.165) is 25.7 Å². The minimum Gasteiger partial charge on any atom is -0.379 e. The Labute approximate surface area is 363 Å². The topological polar surface area (TPSA) is 229 Å². The average molecular weight is 883 g/mol. The van der Waals surface area contributed by atoms with Crippen LogP contribution in [0, 0.1) is 0 Å². The molecule has 4 aliphatic carbocycles. The molecule has 4 saturated carbocycles. The predicted octanol–water partition coefficient (Wildman–Crippen LogP) is 3.73. The van der Waals surface area contributed by atoms with Gasteiger partial charge in [0.25, 0.3) is 22.9 Å². The first kappa shape index (κ1) is 42.4. The van der Waals surface area contributed by atoms with Crippen LogP contribution in [0.3, 0.4) is 0 Å². The summed E-state index contributed by atoms with van der Waals surface area (Å²) < 4.78 is 43.5. The number of pyridine rings is 2. The second-order valence-corrected chi connectivity index (χ2v) is 16.2. The van der Waals surface area contributed by atoms with Gasteiger partial charge in [-0.05, 0) is 49.9 Å². The molecule has 336 valence electrons. The van der Waals surface area contributed by atoms with Crippen molar-refractivity contribution in [2.45, 2.75) is 87.2 Å². The summed E-state index contributed by atoms with van der Waals surface area (Å²) in [5.41, 5.74) is 1.20. The Hall–Kier alpha value is -6.94. The fourth-order valence-corrected chi connectivity index (χ4v) is 7.94. The summed E-state index contributed by atoms with van der Waals surface area (Å²) in [6, 6.07) is 9.05. The summed E-state index contributed by atoms with van der Waals surface area (Å²) in [6.07, 6.45) is 8.34. The highest BCUT2D eigenvalue weighted by Crippen LogP contribution is 2.39. The number of carbonyl (C=O) groups is 2. The number of halogens is 2. The van der Waals surface area contributed by atoms with Gasteiger partial charge in [0.2, 0.25) is 0 Å². The van der Waals surface area contributed by atoms with Crippen molar-refractivity contribution < 1.29 is 27.8 Å². The van der Waals surface area contributed by atoms with Gasteiger partial charge in [-0.2, -0.15) is 19.2 Å². The molecule has 6 aromatic rings.